The maximum absolute atomic E-state index is 10.1. The summed E-state index contributed by atoms with van der Waals surface area (Å²) in [4.78, 5) is 1.91. The molecule has 19 heavy (non-hydrogen) atoms. The minimum atomic E-state index is -0.809. The molecule has 0 saturated carbocycles. The van der Waals surface area contributed by atoms with Crippen LogP contribution in [-0.4, -0.2) is 29.9 Å². The number of benzene rings is 1. The molecule has 1 aromatic carbocycles. The SMILES string of the molecule is CNCCC(O)C(O)c1ccc(-c2ccccc2)s1. The van der Waals surface area contributed by atoms with E-state index in [9.17, 15) is 10.2 Å². The van der Waals surface area contributed by atoms with Crippen molar-refractivity contribution in [2.75, 3.05) is 13.6 Å². The van der Waals surface area contributed by atoms with Gasteiger partial charge < -0.3 is 15.5 Å². The van der Waals surface area contributed by atoms with Gasteiger partial charge in [0.25, 0.3) is 0 Å². The van der Waals surface area contributed by atoms with Crippen molar-refractivity contribution >= 4 is 11.3 Å². The van der Waals surface area contributed by atoms with Gasteiger partial charge >= 0.3 is 0 Å². The summed E-state index contributed by atoms with van der Waals surface area (Å²) in [6, 6.07) is 13.9. The summed E-state index contributed by atoms with van der Waals surface area (Å²) in [6.07, 6.45) is -0.999. The first kappa shape index (κ1) is 14.2. The summed E-state index contributed by atoms with van der Waals surface area (Å²) in [6.45, 7) is 0.690. The summed E-state index contributed by atoms with van der Waals surface area (Å²) in [5, 5.41) is 23.0. The van der Waals surface area contributed by atoms with Crippen LogP contribution in [0.25, 0.3) is 10.4 Å². The minimum Gasteiger partial charge on any atom is -0.390 e. The van der Waals surface area contributed by atoms with E-state index in [0.717, 1.165) is 15.3 Å². The zero-order valence-corrected chi connectivity index (χ0v) is 11.7. The van der Waals surface area contributed by atoms with E-state index in [2.05, 4.69) is 5.32 Å². The van der Waals surface area contributed by atoms with Crippen molar-refractivity contribution in [1.29, 1.82) is 0 Å². The van der Waals surface area contributed by atoms with Crippen LogP contribution in [0.2, 0.25) is 0 Å². The molecule has 3 N–H and O–H groups in total. The Morgan fingerprint density at radius 3 is 2.53 bits per heavy atom. The molecule has 0 amide bonds. The van der Waals surface area contributed by atoms with Crippen LogP contribution in [0.15, 0.2) is 42.5 Å². The first-order valence-corrected chi connectivity index (χ1v) is 7.20. The maximum Gasteiger partial charge on any atom is 0.114 e. The Balaban J connectivity index is 2.08. The second-order valence-corrected chi connectivity index (χ2v) is 5.59. The molecule has 102 valence electrons. The molecule has 2 aromatic rings. The highest BCUT2D eigenvalue weighted by atomic mass is 32.1. The second kappa shape index (κ2) is 6.82. The highest BCUT2D eigenvalue weighted by Gasteiger charge is 2.19. The molecule has 0 aliphatic rings. The molecular weight excluding hydrogens is 258 g/mol. The summed E-state index contributed by atoms with van der Waals surface area (Å²) in [5.41, 5.74) is 1.13. The molecule has 3 nitrogen and oxygen atoms in total. The van der Waals surface area contributed by atoms with Crippen LogP contribution in [-0.2, 0) is 0 Å². The molecule has 2 rings (SSSR count). The van der Waals surface area contributed by atoms with Crippen LogP contribution < -0.4 is 5.32 Å². The third kappa shape index (κ3) is 3.64. The van der Waals surface area contributed by atoms with Gasteiger partial charge in [-0.2, -0.15) is 0 Å². The molecule has 0 spiro atoms. The average molecular weight is 277 g/mol. The Morgan fingerprint density at radius 2 is 1.84 bits per heavy atom. The number of aliphatic hydroxyl groups excluding tert-OH is 2. The normalized spacial score (nSPS) is 14.3. The predicted molar refractivity (Wildman–Crippen MR) is 79.3 cm³/mol. The van der Waals surface area contributed by atoms with Crippen LogP contribution in [0.1, 0.15) is 17.4 Å². The molecule has 1 heterocycles. The van der Waals surface area contributed by atoms with Crippen LogP contribution >= 0.6 is 11.3 Å². The van der Waals surface area contributed by atoms with Gasteiger partial charge in [0.2, 0.25) is 0 Å². The fourth-order valence-corrected chi connectivity index (χ4v) is 2.97. The van der Waals surface area contributed by atoms with Crippen molar-refractivity contribution in [3.05, 3.63) is 47.3 Å². The van der Waals surface area contributed by atoms with Crippen molar-refractivity contribution in [2.24, 2.45) is 0 Å². The lowest BCUT2D eigenvalue weighted by molar-refractivity contribution is 0.0161. The molecule has 0 fully saturated rings. The van der Waals surface area contributed by atoms with Crippen molar-refractivity contribution in [3.63, 3.8) is 0 Å². The number of nitrogens with one attached hydrogen (secondary N) is 1. The summed E-state index contributed by atoms with van der Waals surface area (Å²) in [5.74, 6) is 0. The zero-order valence-electron chi connectivity index (χ0n) is 10.9. The largest absolute Gasteiger partial charge is 0.390 e. The van der Waals surface area contributed by atoms with Crippen molar-refractivity contribution in [2.45, 2.75) is 18.6 Å². The molecule has 2 atom stereocenters. The van der Waals surface area contributed by atoms with Crippen molar-refractivity contribution in [3.8, 4) is 10.4 Å². The van der Waals surface area contributed by atoms with Gasteiger partial charge in [-0.25, -0.2) is 0 Å². The van der Waals surface area contributed by atoms with E-state index < -0.39 is 12.2 Å². The van der Waals surface area contributed by atoms with Gasteiger partial charge in [0.05, 0.1) is 6.10 Å². The van der Waals surface area contributed by atoms with Gasteiger partial charge in [-0.1, -0.05) is 30.3 Å². The highest BCUT2D eigenvalue weighted by Crippen LogP contribution is 2.32. The van der Waals surface area contributed by atoms with Crippen LogP contribution in [0.5, 0.6) is 0 Å². The fraction of sp³-hybridized carbons (Fsp3) is 0.333. The van der Waals surface area contributed by atoms with Crippen molar-refractivity contribution in [1.82, 2.24) is 5.32 Å². The number of rotatable bonds is 6. The monoisotopic (exact) mass is 277 g/mol. The number of thiophene rings is 1. The molecular formula is C15H19NO2S. The van der Waals surface area contributed by atoms with E-state index in [-0.39, 0.29) is 0 Å². The van der Waals surface area contributed by atoms with Gasteiger partial charge in [-0.05, 0) is 37.7 Å². The minimum absolute atomic E-state index is 0.538. The lowest BCUT2D eigenvalue weighted by Gasteiger charge is -2.16. The van der Waals surface area contributed by atoms with E-state index in [1.807, 2.05) is 49.5 Å². The molecule has 2 unspecified atom stereocenters. The third-order valence-electron chi connectivity index (χ3n) is 3.03. The Hall–Kier alpha value is -1.20. The van der Waals surface area contributed by atoms with E-state index in [4.69, 9.17) is 0 Å². The fourth-order valence-electron chi connectivity index (χ4n) is 1.91. The van der Waals surface area contributed by atoms with E-state index >= 15 is 0 Å². The van der Waals surface area contributed by atoms with Gasteiger partial charge in [-0.15, -0.1) is 11.3 Å². The molecule has 0 aliphatic carbocycles. The third-order valence-corrected chi connectivity index (χ3v) is 4.24. The van der Waals surface area contributed by atoms with Gasteiger partial charge in [0.1, 0.15) is 6.10 Å². The Bertz CT molecular complexity index is 498. The Morgan fingerprint density at radius 1 is 1.11 bits per heavy atom. The molecule has 0 aliphatic heterocycles. The van der Waals surface area contributed by atoms with Crippen LogP contribution in [0.3, 0.4) is 0 Å². The summed E-state index contributed by atoms with van der Waals surface area (Å²) in [7, 11) is 1.83. The predicted octanol–water partition coefficient (Wildman–Crippen LogP) is 2.42. The molecule has 0 saturated heterocycles. The second-order valence-electron chi connectivity index (χ2n) is 4.47. The summed E-state index contributed by atoms with van der Waals surface area (Å²) < 4.78 is 0. The number of hydrogen-bond acceptors (Lipinski definition) is 4. The first-order valence-electron chi connectivity index (χ1n) is 6.38. The van der Waals surface area contributed by atoms with Crippen molar-refractivity contribution < 1.29 is 10.2 Å². The maximum atomic E-state index is 10.1. The molecule has 4 heteroatoms. The van der Waals surface area contributed by atoms with Crippen LogP contribution in [0.4, 0.5) is 0 Å². The highest BCUT2D eigenvalue weighted by molar-refractivity contribution is 7.15. The van der Waals surface area contributed by atoms with Gasteiger partial charge in [-0.3, -0.25) is 0 Å². The topological polar surface area (TPSA) is 52.5 Å². The van der Waals surface area contributed by atoms with E-state index in [1.165, 1.54) is 11.3 Å². The smallest absolute Gasteiger partial charge is 0.114 e. The Labute approximate surface area is 117 Å². The van der Waals surface area contributed by atoms with Gasteiger partial charge in [0.15, 0.2) is 0 Å². The standard InChI is InChI=1S/C15H19NO2S/c1-16-10-9-12(17)15(18)14-8-7-13(19-14)11-5-3-2-4-6-11/h2-8,12,15-18H,9-10H2,1H3. The number of aliphatic hydroxyl groups is 2. The van der Waals surface area contributed by atoms with Gasteiger partial charge in [0, 0.05) is 9.75 Å². The van der Waals surface area contributed by atoms with E-state index in [1.54, 1.807) is 0 Å². The molecule has 1 aromatic heterocycles. The lowest BCUT2D eigenvalue weighted by atomic mass is 10.1. The summed E-state index contributed by atoms with van der Waals surface area (Å²) >= 11 is 1.53. The first-order chi connectivity index (χ1) is 9.22. The Kier molecular flexibility index (Phi) is 5.10. The average Bonchev–Trinajstić information content (AvgIpc) is 2.94. The number of hydrogen-bond donors (Lipinski definition) is 3. The zero-order chi connectivity index (χ0) is 13.7. The van der Waals surface area contributed by atoms with E-state index in [0.29, 0.717) is 13.0 Å². The molecule has 0 radical (unpaired) electrons. The van der Waals surface area contributed by atoms with Crippen LogP contribution in [0, 0.1) is 0 Å². The quantitative estimate of drug-likeness (QED) is 0.760. The lowest BCUT2D eigenvalue weighted by Crippen LogP contribution is -2.22. The molecule has 0 bridgehead atoms.